The fourth-order valence-electron chi connectivity index (χ4n) is 4.76. The maximum atomic E-state index is 12.3. The number of carbonyl (C=O) groups excluding carboxylic acids is 1. The molecule has 0 saturated carbocycles. The molecule has 0 aromatic rings. The van der Waals surface area contributed by atoms with Gasteiger partial charge in [-0.1, -0.05) is 134 Å². The highest BCUT2D eigenvalue weighted by Crippen LogP contribution is 2.35. The highest BCUT2D eigenvalue weighted by atomic mass is 31.2. The molecule has 1 atom stereocenters. The zero-order chi connectivity index (χ0) is 33.1. The molecule has 262 valence electrons. The first-order valence-electron chi connectivity index (χ1n) is 18.0. The van der Waals surface area contributed by atoms with Crippen LogP contribution in [0.5, 0.6) is 0 Å². The van der Waals surface area contributed by atoms with E-state index in [1.54, 1.807) is 6.26 Å². The molecule has 0 radical (unpaired) electrons. The van der Waals surface area contributed by atoms with Gasteiger partial charge in [0.15, 0.2) is 6.10 Å². The Balaban J connectivity index is 4.00. The van der Waals surface area contributed by atoms with E-state index in [9.17, 15) is 9.36 Å². The predicted octanol–water partition coefficient (Wildman–Crippen LogP) is 11.2. The molecule has 0 bridgehead atoms. The monoisotopic (exact) mass is 654 g/mol. The van der Waals surface area contributed by atoms with Gasteiger partial charge in [0.05, 0.1) is 12.9 Å². The van der Waals surface area contributed by atoms with Crippen LogP contribution in [-0.4, -0.2) is 35.1 Å². The fraction of sp³-hybridized carbons (Fsp3) is 0.757. The highest BCUT2D eigenvalue weighted by molar-refractivity contribution is 7.46. The normalized spacial score (nSPS) is 13.2. The standard InChI is InChI=1S/C37H67O7P/c1-3-5-7-9-11-13-15-17-19-20-22-24-26-28-30-32-37(38)44-36(35-43-45(39,40)41)34-42-33-31-29-27-25-23-21-18-16-14-12-10-8-6-4-2/h11,13,17,19,22,24,31,33,36H,3-10,12,14-16,18,20-21,23,25-30,32,34-35H2,1-2H3,(H2,39,40,41)/b13-11-,19-17-,24-22-,33-31-/t36-/m1/s1. The zero-order valence-corrected chi connectivity index (χ0v) is 29.7. The minimum atomic E-state index is -4.67. The lowest BCUT2D eigenvalue weighted by molar-refractivity contribution is -0.153. The summed E-state index contributed by atoms with van der Waals surface area (Å²) < 4.78 is 26.6. The van der Waals surface area contributed by atoms with Crippen LogP contribution in [0, 0.1) is 0 Å². The first-order chi connectivity index (χ1) is 21.9. The number of rotatable bonds is 33. The molecule has 45 heavy (non-hydrogen) atoms. The molecule has 0 amide bonds. The van der Waals surface area contributed by atoms with Gasteiger partial charge in [-0.2, -0.15) is 0 Å². The summed E-state index contributed by atoms with van der Waals surface area (Å²) in [6, 6.07) is 0. The lowest BCUT2D eigenvalue weighted by Crippen LogP contribution is -2.27. The summed E-state index contributed by atoms with van der Waals surface area (Å²) in [6.07, 6.45) is 41.9. The van der Waals surface area contributed by atoms with Crippen LogP contribution in [0.25, 0.3) is 0 Å². The smallest absolute Gasteiger partial charge is 0.469 e. The average Bonchev–Trinajstić information content (AvgIpc) is 3.01. The summed E-state index contributed by atoms with van der Waals surface area (Å²) >= 11 is 0. The molecule has 0 aromatic carbocycles. The van der Waals surface area contributed by atoms with Gasteiger partial charge in [-0.05, 0) is 63.9 Å². The quantitative estimate of drug-likeness (QED) is 0.0239. The number of ether oxygens (including phenoxy) is 2. The van der Waals surface area contributed by atoms with E-state index < -0.39 is 26.5 Å². The van der Waals surface area contributed by atoms with E-state index in [1.165, 1.54) is 96.3 Å². The molecule has 0 fully saturated rings. The summed E-state index contributed by atoms with van der Waals surface area (Å²) in [5, 5.41) is 0. The molecule has 0 saturated heterocycles. The molecule has 8 heteroatoms. The number of carbonyl (C=O) groups is 1. The van der Waals surface area contributed by atoms with E-state index in [0.29, 0.717) is 6.42 Å². The van der Waals surface area contributed by atoms with Gasteiger partial charge in [-0.3, -0.25) is 9.32 Å². The minimum Gasteiger partial charge on any atom is -0.498 e. The highest BCUT2D eigenvalue weighted by Gasteiger charge is 2.21. The van der Waals surface area contributed by atoms with Crippen molar-refractivity contribution < 1.29 is 33.1 Å². The molecule has 0 heterocycles. The lowest BCUT2D eigenvalue weighted by atomic mass is 10.0. The van der Waals surface area contributed by atoms with Crippen molar-refractivity contribution in [3.05, 3.63) is 48.8 Å². The maximum absolute atomic E-state index is 12.3. The summed E-state index contributed by atoms with van der Waals surface area (Å²) in [5.41, 5.74) is 0. The van der Waals surface area contributed by atoms with Gasteiger partial charge in [0, 0.05) is 6.42 Å². The molecule has 0 unspecified atom stereocenters. The van der Waals surface area contributed by atoms with Gasteiger partial charge in [-0.25, -0.2) is 4.57 Å². The van der Waals surface area contributed by atoms with Crippen LogP contribution < -0.4 is 0 Å². The largest absolute Gasteiger partial charge is 0.498 e. The van der Waals surface area contributed by atoms with E-state index in [0.717, 1.165) is 38.5 Å². The van der Waals surface area contributed by atoms with Gasteiger partial charge < -0.3 is 19.3 Å². The van der Waals surface area contributed by atoms with E-state index >= 15 is 0 Å². The molecule has 0 aromatic heterocycles. The fourth-order valence-corrected chi connectivity index (χ4v) is 5.13. The van der Waals surface area contributed by atoms with Crippen LogP contribution in [0.3, 0.4) is 0 Å². The Morgan fingerprint density at radius 3 is 1.60 bits per heavy atom. The van der Waals surface area contributed by atoms with Gasteiger partial charge >= 0.3 is 13.8 Å². The van der Waals surface area contributed by atoms with Gasteiger partial charge in [-0.15, -0.1) is 0 Å². The molecule has 0 aliphatic carbocycles. The van der Waals surface area contributed by atoms with Crippen molar-refractivity contribution >= 4 is 13.8 Å². The van der Waals surface area contributed by atoms with E-state index in [-0.39, 0.29) is 13.0 Å². The molecule has 0 rings (SSSR count). The van der Waals surface area contributed by atoms with E-state index in [1.807, 2.05) is 6.08 Å². The summed E-state index contributed by atoms with van der Waals surface area (Å²) in [4.78, 5) is 30.4. The number of unbranched alkanes of at least 4 members (excludes halogenated alkanes) is 17. The minimum absolute atomic E-state index is 0.0222. The van der Waals surface area contributed by atoms with Crippen LogP contribution in [-0.2, 0) is 23.4 Å². The third kappa shape index (κ3) is 36.7. The van der Waals surface area contributed by atoms with Crippen molar-refractivity contribution in [3.63, 3.8) is 0 Å². The summed E-state index contributed by atoms with van der Waals surface area (Å²) in [7, 11) is -4.67. The number of allylic oxidation sites excluding steroid dienone is 7. The first-order valence-corrected chi connectivity index (χ1v) is 19.5. The van der Waals surface area contributed by atoms with E-state index in [4.69, 9.17) is 19.3 Å². The van der Waals surface area contributed by atoms with Crippen LogP contribution in [0.4, 0.5) is 0 Å². The number of hydrogen-bond acceptors (Lipinski definition) is 5. The van der Waals surface area contributed by atoms with Crippen molar-refractivity contribution in [3.8, 4) is 0 Å². The summed E-state index contributed by atoms with van der Waals surface area (Å²) in [5.74, 6) is -0.423. The van der Waals surface area contributed by atoms with Gasteiger partial charge in [0.2, 0.25) is 0 Å². The lowest BCUT2D eigenvalue weighted by Gasteiger charge is -2.18. The second-order valence-corrected chi connectivity index (χ2v) is 13.1. The second-order valence-electron chi connectivity index (χ2n) is 11.9. The number of phosphoric acid groups is 1. The molecule has 0 aliphatic rings. The van der Waals surface area contributed by atoms with Gasteiger partial charge in [0.1, 0.15) is 6.61 Å². The Kier molecular flexibility index (Phi) is 32.5. The van der Waals surface area contributed by atoms with Crippen molar-refractivity contribution in [1.82, 2.24) is 0 Å². The van der Waals surface area contributed by atoms with Crippen LogP contribution in [0.2, 0.25) is 0 Å². The van der Waals surface area contributed by atoms with Crippen LogP contribution in [0.15, 0.2) is 48.8 Å². The topological polar surface area (TPSA) is 102 Å². The van der Waals surface area contributed by atoms with Crippen molar-refractivity contribution in [2.75, 3.05) is 13.2 Å². The Labute approximate surface area is 276 Å². The Bertz CT molecular complexity index is 816. The Morgan fingerprint density at radius 2 is 1.04 bits per heavy atom. The molecule has 2 N–H and O–H groups in total. The third-order valence-corrected chi connectivity index (χ3v) is 7.93. The maximum Gasteiger partial charge on any atom is 0.469 e. The SMILES string of the molecule is CCCCC/C=C\C/C=C\C/C=C\CCCCC(=O)O[C@H](CO/C=C\CCCCCCCCCCCCCC)COP(=O)(O)O. The summed E-state index contributed by atoms with van der Waals surface area (Å²) in [6.45, 7) is 4.03. The number of phosphoric ester groups is 1. The van der Waals surface area contributed by atoms with Crippen LogP contribution >= 0.6 is 7.82 Å². The number of hydrogen-bond donors (Lipinski definition) is 2. The average molecular weight is 655 g/mol. The third-order valence-electron chi connectivity index (χ3n) is 7.45. The Hall–Kier alpha value is -1.66. The van der Waals surface area contributed by atoms with Crippen LogP contribution in [0.1, 0.15) is 162 Å². The van der Waals surface area contributed by atoms with Crippen molar-refractivity contribution in [1.29, 1.82) is 0 Å². The molecule has 7 nitrogen and oxygen atoms in total. The van der Waals surface area contributed by atoms with E-state index in [2.05, 4.69) is 54.8 Å². The molecule has 0 aliphatic heterocycles. The van der Waals surface area contributed by atoms with Crippen molar-refractivity contribution in [2.45, 2.75) is 168 Å². The predicted molar refractivity (Wildman–Crippen MR) is 188 cm³/mol. The number of esters is 1. The molecular weight excluding hydrogens is 587 g/mol. The van der Waals surface area contributed by atoms with Gasteiger partial charge in [0.25, 0.3) is 0 Å². The molecule has 0 spiro atoms. The second kappa shape index (κ2) is 33.7. The Morgan fingerprint density at radius 1 is 0.600 bits per heavy atom. The zero-order valence-electron chi connectivity index (χ0n) is 28.8. The molecular formula is C37H67O7P. The first kappa shape index (κ1) is 43.3. The van der Waals surface area contributed by atoms with Crippen molar-refractivity contribution in [2.24, 2.45) is 0 Å².